The number of aromatic amines is 2. The van der Waals surface area contributed by atoms with Crippen molar-refractivity contribution in [2.45, 2.75) is 84.5 Å². The van der Waals surface area contributed by atoms with Crippen LogP contribution in [0.4, 0.5) is 9.59 Å². The number of alkyl carbamates (subject to hydrolysis) is 2. The minimum atomic E-state index is -0.738. The minimum absolute atomic E-state index is 0.142. The average molecular weight is 781 g/mol. The fraction of sp³-hybridized carbons (Fsp3) is 0.452. The molecule has 1 aliphatic carbocycles. The Morgan fingerprint density at radius 3 is 1.89 bits per heavy atom. The zero-order valence-electron chi connectivity index (χ0n) is 33.6. The molecule has 2 aromatic heterocycles. The molecule has 2 aliphatic heterocycles. The standard InChI is InChI=1S/C42H52N8O7/c1-9-26-27-15-14-25(31-21-44-38(46-31)33-13-11-17-50(33)40(53)35(23(4)5)48-42(55)57-8)19-29(27)36(51)28(26)18-24(6)30-20-43-37(45-30)32-12-10-16-49(32)39(52)34(22(2)3)47-41(54)56-7/h9,14-15,18-23,32-35H,1,10-13,16-17H2,2-8H3,(H,43,45)(H,44,46)(H,47,54)(H,48,55)/b24-18+/t32-,33-,34-,35-/m0/s1. The van der Waals surface area contributed by atoms with Gasteiger partial charge < -0.3 is 39.9 Å². The van der Waals surface area contributed by atoms with Gasteiger partial charge in [-0.25, -0.2) is 19.6 Å². The normalized spacial score (nSPS) is 19.2. The lowest BCUT2D eigenvalue weighted by Crippen LogP contribution is -2.51. The number of H-pyrrole nitrogens is 2. The summed E-state index contributed by atoms with van der Waals surface area (Å²) in [6.45, 7) is 14.5. The van der Waals surface area contributed by atoms with Gasteiger partial charge in [0.05, 0.1) is 50.1 Å². The van der Waals surface area contributed by atoms with Gasteiger partial charge >= 0.3 is 12.2 Å². The molecule has 4 heterocycles. The van der Waals surface area contributed by atoms with E-state index in [0.717, 1.165) is 35.1 Å². The van der Waals surface area contributed by atoms with E-state index in [0.29, 0.717) is 60.1 Å². The monoisotopic (exact) mass is 780 g/mol. The maximum absolute atomic E-state index is 14.0. The molecular weight excluding hydrogens is 729 g/mol. The fourth-order valence-corrected chi connectivity index (χ4v) is 7.95. The van der Waals surface area contributed by atoms with Crippen molar-refractivity contribution in [2.24, 2.45) is 11.8 Å². The summed E-state index contributed by atoms with van der Waals surface area (Å²) in [5.41, 5.74) is 5.50. The maximum atomic E-state index is 14.0. The molecule has 2 fully saturated rings. The van der Waals surface area contributed by atoms with Crippen LogP contribution in [0.25, 0.3) is 22.4 Å². The van der Waals surface area contributed by atoms with Crippen molar-refractivity contribution >= 4 is 40.9 Å². The lowest BCUT2D eigenvalue weighted by atomic mass is 10.0. The zero-order valence-corrected chi connectivity index (χ0v) is 33.6. The predicted molar refractivity (Wildman–Crippen MR) is 213 cm³/mol. The Morgan fingerprint density at radius 1 is 0.825 bits per heavy atom. The summed E-state index contributed by atoms with van der Waals surface area (Å²) in [7, 11) is 2.54. The van der Waals surface area contributed by atoms with Gasteiger partial charge in [-0.15, -0.1) is 0 Å². The molecule has 57 heavy (non-hydrogen) atoms. The number of methoxy groups -OCH3 is 2. The first-order valence-electron chi connectivity index (χ1n) is 19.4. The van der Waals surface area contributed by atoms with E-state index in [4.69, 9.17) is 9.47 Å². The van der Waals surface area contributed by atoms with Crippen molar-refractivity contribution in [3.8, 4) is 11.3 Å². The number of ether oxygens (including phenoxy) is 2. The first kappa shape index (κ1) is 40.7. The fourth-order valence-electron chi connectivity index (χ4n) is 7.95. The Labute approximate surface area is 332 Å². The molecular formula is C42H52N8O7. The van der Waals surface area contributed by atoms with Crippen LogP contribution < -0.4 is 10.6 Å². The summed E-state index contributed by atoms with van der Waals surface area (Å²) in [5, 5.41) is 5.35. The summed E-state index contributed by atoms with van der Waals surface area (Å²) < 4.78 is 9.51. The number of allylic oxidation sites excluding steroid dienone is 5. The van der Waals surface area contributed by atoms with Crippen LogP contribution in [0.1, 0.15) is 106 Å². The number of nitrogens with zero attached hydrogens (tertiary/aromatic N) is 4. The molecule has 0 radical (unpaired) electrons. The lowest BCUT2D eigenvalue weighted by Gasteiger charge is -2.30. The second-order valence-electron chi connectivity index (χ2n) is 15.4. The molecule has 4 amide bonds. The first-order valence-corrected chi connectivity index (χ1v) is 19.4. The van der Waals surface area contributed by atoms with E-state index in [2.05, 4.69) is 37.1 Å². The van der Waals surface area contributed by atoms with Crippen molar-refractivity contribution in [1.29, 1.82) is 0 Å². The van der Waals surface area contributed by atoms with E-state index < -0.39 is 24.3 Å². The Morgan fingerprint density at radius 2 is 1.37 bits per heavy atom. The number of imidazole rings is 2. The van der Waals surface area contributed by atoms with Crippen molar-refractivity contribution in [3.63, 3.8) is 0 Å². The highest BCUT2D eigenvalue weighted by molar-refractivity contribution is 6.24. The molecule has 3 aromatic rings. The number of ketones is 1. The molecule has 0 spiro atoms. The predicted octanol–water partition coefficient (Wildman–Crippen LogP) is 6.13. The van der Waals surface area contributed by atoms with Crippen LogP contribution >= 0.6 is 0 Å². The molecule has 15 nitrogen and oxygen atoms in total. The number of amides is 4. The highest BCUT2D eigenvalue weighted by Gasteiger charge is 2.39. The number of nitrogens with one attached hydrogen (secondary N) is 4. The molecule has 0 saturated carbocycles. The maximum Gasteiger partial charge on any atom is 0.407 e. The van der Waals surface area contributed by atoms with Gasteiger partial charge in [-0.1, -0.05) is 52.5 Å². The summed E-state index contributed by atoms with van der Waals surface area (Å²) >= 11 is 0. The summed E-state index contributed by atoms with van der Waals surface area (Å²) in [5.74, 6) is 0.449. The van der Waals surface area contributed by atoms with Gasteiger partial charge in [-0.2, -0.15) is 0 Å². The van der Waals surface area contributed by atoms with E-state index in [1.54, 1.807) is 28.3 Å². The molecule has 4 N–H and O–H groups in total. The Balaban J connectivity index is 1.19. The number of aromatic nitrogens is 4. The van der Waals surface area contributed by atoms with Crippen molar-refractivity contribution < 1.29 is 33.4 Å². The molecule has 0 unspecified atom stereocenters. The van der Waals surface area contributed by atoms with Crippen LogP contribution in [0, 0.1) is 11.8 Å². The van der Waals surface area contributed by atoms with Gasteiger partial charge in [-0.05, 0) is 73.3 Å². The molecule has 0 bridgehead atoms. The zero-order chi connectivity index (χ0) is 41.1. The number of rotatable bonds is 12. The molecule has 6 rings (SSSR count). The van der Waals surface area contributed by atoms with Gasteiger partial charge in [0.15, 0.2) is 5.78 Å². The van der Waals surface area contributed by atoms with E-state index in [-0.39, 0.29) is 41.5 Å². The Bertz CT molecular complexity index is 2130. The lowest BCUT2D eigenvalue weighted by molar-refractivity contribution is -0.136. The topological polar surface area (TPSA) is 192 Å². The van der Waals surface area contributed by atoms with Crippen LogP contribution in [0.5, 0.6) is 0 Å². The minimum Gasteiger partial charge on any atom is -0.453 e. The van der Waals surface area contributed by atoms with Gasteiger partial charge in [-0.3, -0.25) is 14.4 Å². The van der Waals surface area contributed by atoms with E-state index in [9.17, 15) is 24.0 Å². The second kappa shape index (κ2) is 17.0. The number of fused-ring (bicyclic) bond motifs is 1. The Kier molecular flexibility index (Phi) is 12.1. The third kappa shape index (κ3) is 8.14. The number of Topliss-reactive ketones (excluding diaryl/α,β-unsaturated/α-hetero) is 1. The van der Waals surface area contributed by atoms with Crippen LogP contribution in [0.15, 0.2) is 54.9 Å². The van der Waals surface area contributed by atoms with Crippen molar-refractivity contribution in [2.75, 3.05) is 27.3 Å². The van der Waals surface area contributed by atoms with Crippen molar-refractivity contribution in [1.82, 2.24) is 40.4 Å². The quantitative estimate of drug-likeness (QED) is 0.168. The van der Waals surface area contributed by atoms with E-state index in [1.165, 1.54) is 14.2 Å². The van der Waals surface area contributed by atoms with E-state index >= 15 is 0 Å². The largest absolute Gasteiger partial charge is 0.453 e. The van der Waals surface area contributed by atoms with Crippen LogP contribution in [0.3, 0.4) is 0 Å². The van der Waals surface area contributed by atoms with Gasteiger partial charge in [0.25, 0.3) is 0 Å². The summed E-state index contributed by atoms with van der Waals surface area (Å²) in [6, 6.07) is 3.63. The molecule has 1 aromatic carbocycles. The molecule has 302 valence electrons. The molecule has 2 saturated heterocycles. The molecule has 15 heteroatoms. The molecule has 4 atom stereocenters. The third-order valence-corrected chi connectivity index (χ3v) is 11.1. The van der Waals surface area contributed by atoms with Gasteiger partial charge in [0, 0.05) is 29.8 Å². The Hall–Kier alpha value is -5.99. The smallest absolute Gasteiger partial charge is 0.407 e. The number of carbonyl (C=O) groups excluding carboxylic acids is 5. The number of hydrogen-bond acceptors (Lipinski definition) is 9. The van der Waals surface area contributed by atoms with Crippen LogP contribution in [0.2, 0.25) is 0 Å². The van der Waals surface area contributed by atoms with E-state index in [1.807, 2.05) is 58.9 Å². The third-order valence-electron chi connectivity index (χ3n) is 11.1. The van der Waals surface area contributed by atoms with Crippen LogP contribution in [-0.4, -0.2) is 98.9 Å². The number of hydrogen-bond donors (Lipinski definition) is 4. The highest BCUT2D eigenvalue weighted by Crippen LogP contribution is 2.39. The molecule has 3 aliphatic rings. The summed E-state index contributed by atoms with van der Waals surface area (Å²) in [6.07, 6.45) is 8.66. The van der Waals surface area contributed by atoms with Crippen LogP contribution in [-0.2, 0) is 19.1 Å². The summed E-state index contributed by atoms with van der Waals surface area (Å²) in [4.78, 5) is 84.9. The average Bonchev–Trinajstić information content (AvgIpc) is 4.05. The van der Waals surface area contributed by atoms with Gasteiger partial charge in [0.1, 0.15) is 23.7 Å². The highest BCUT2D eigenvalue weighted by atomic mass is 16.5. The number of likely N-dealkylation sites (tertiary alicyclic amines) is 2. The number of carbonyl (C=O) groups is 5. The van der Waals surface area contributed by atoms with Crippen molar-refractivity contribution in [3.05, 3.63) is 83.4 Å². The second-order valence-corrected chi connectivity index (χ2v) is 15.4. The SMILES string of the molecule is C=CC1=C(/C=C(\C)c2cnc([C@@H]3CCCN3C(=O)[C@@H](NC(=O)OC)C(C)C)[nH]2)C(=O)c2cc(-c3cnc([C@@H]4CCCN4C(=O)[C@@H](NC(=O)OC)C(C)C)[nH]3)ccc21. The first-order chi connectivity index (χ1) is 27.3. The number of benzene rings is 1. The van der Waals surface area contributed by atoms with Gasteiger partial charge in [0.2, 0.25) is 11.8 Å².